The second-order valence-electron chi connectivity index (χ2n) is 3.97. The number of pyridine rings is 1. The van der Waals surface area contributed by atoms with Crippen LogP contribution in [-0.4, -0.2) is 22.5 Å². The number of nitrogens with two attached hydrogens (primary N) is 2. The third-order valence-electron chi connectivity index (χ3n) is 2.36. The van der Waals surface area contributed by atoms with Crippen LogP contribution in [0.25, 0.3) is 0 Å². The lowest BCUT2D eigenvalue weighted by Crippen LogP contribution is -2.57. The predicted molar refractivity (Wildman–Crippen MR) is 56.4 cm³/mol. The van der Waals surface area contributed by atoms with E-state index in [9.17, 15) is 18.0 Å². The van der Waals surface area contributed by atoms with E-state index in [1.165, 1.54) is 12.3 Å². The zero-order chi connectivity index (χ0) is 13.4. The van der Waals surface area contributed by atoms with Gasteiger partial charge in [-0.3, -0.25) is 4.79 Å². The van der Waals surface area contributed by atoms with Gasteiger partial charge in [0.1, 0.15) is 5.82 Å². The lowest BCUT2D eigenvalue weighted by atomic mass is 9.91. The molecule has 17 heavy (non-hydrogen) atoms. The number of aromatic nitrogens is 1. The van der Waals surface area contributed by atoms with Gasteiger partial charge in [0.2, 0.25) is 0 Å². The largest absolute Gasteiger partial charge is 0.413 e. The van der Waals surface area contributed by atoms with Crippen LogP contribution in [0.5, 0.6) is 0 Å². The van der Waals surface area contributed by atoms with Crippen molar-refractivity contribution in [2.24, 2.45) is 5.73 Å². The van der Waals surface area contributed by atoms with Crippen LogP contribution in [0.15, 0.2) is 12.3 Å². The lowest BCUT2D eigenvalue weighted by Gasteiger charge is -2.26. The van der Waals surface area contributed by atoms with Gasteiger partial charge in [-0.05, 0) is 25.5 Å². The van der Waals surface area contributed by atoms with Gasteiger partial charge in [0, 0.05) is 6.20 Å². The molecular weight excluding hydrogens is 235 g/mol. The summed E-state index contributed by atoms with van der Waals surface area (Å²) < 4.78 is 37.8. The maximum Gasteiger partial charge on any atom is 0.413 e. The van der Waals surface area contributed by atoms with Gasteiger partial charge in [0.15, 0.2) is 11.3 Å². The van der Waals surface area contributed by atoms with Crippen molar-refractivity contribution < 1.29 is 18.0 Å². The van der Waals surface area contributed by atoms with Crippen molar-refractivity contribution >= 4 is 11.6 Å². The van der Waals surface area contributed by atoms with Gasteiger partial charge in [-0.25, -0.2) is 4.98 Å². The summed E-state index contributed by atoms with van der Waals surface area (Å²) in [5.41, 5.74) is 7.65. The maximum absolute atomic E-state index is 12.6. The Morgan fingerprint density at radius 1 is 1.41 bits per heavy atom. The van der Waals surface area contributed by atoms with E-state index in [2.05, 4.69) is 4.98 Å². The second-order valence-corrected chi connectivity index (χ2v) is 3.97. The molecule has 0 fully saturated rings. The number of Topliss-reactive ketones (excluding diaryl/α,β-unsaturated/α-hetero) is 1. The minimum Gasteiger partial charge on any atom is -0.383 e. The number of hydrogen-bond acceptors (Lipinski definition) is 4. The standard InChI is InChI=1S/C10H12F3N3O/c1-5-3-6(8(14)16-4-5)7(17)9(2,15)10(11,12)13/h3-4H,15H2,1-2H3,(H2,14,16). The van der Waals surface area contributed by atoms with Gasteiger partial charge in [0.05, 0.1) is 5.56 Å². The fourth-order valence-electron chi connectivity index (χ4n) is 1.17. The maximum atomic E-state index is 12.6. The summed E-state index contributed by atoms with van der Waals surface area (Å²) in [6.07, 6.45) is -3.49. The van der Waals surface area contributed by atoms with Crippen LogP contribution >= 0.6 is 0 Å². The fraction of sp³-hybridized carbons (Fsp3) is 0.400. The molecule has 0 aromatic carbocycles. The van der Waals surface area contributed by atoms with E-state index >= 15 is 0 Å². The number of nitrogen functional groups attached to an aromatic ring is 1. The molecule has 0 spiro atoms. The van der Waals surface area contributed by atoms with Gasteiger partial charge >= 0.3 is 6.18 Å². The molecule has 1 heterocycles. The number of anilines is 1. The third kappa shape index (κ3) is 2.38. The number of alkyl halides is 3. The Labute approximate surface area is 95.8 Å². The molecule has 1 unspecified atom stereocenters. The molecule has 0 aliphatic rings. The Morgan fingerprint density at radius 3 is 2.41 bits per heavy atom. The van der Waals surface area contributed by atoms with Crippen LogP contribution in [0.2, 0.25) is 0 Å². The molecule has 4 N–H and O–H groups in total. The number of rotatable bonds is 2. The normalized spacial score (nSPS) is 15.4. The average molecular weight is 247 g/mol. The topological polar surface area (TPSA) is 82.0 Å². The molecule has 0 aliphatic carbocycles. The van der Waals surface area contributed by atoms with E-state index < -0.39 is 17.5 Å². The van der Waals surface area contributed by atoms with E-state index in [4.69, 9.17) is 11.5 Å². The van der Waals surface area contributed by atoms with Gasteiger partial charge in [-0.1, -0.05) is 0 Å². The average Bonchev–Trinajstić information content (AvgIpc) is 2.19. The van der Waals surface area contributed by atoms with Crippen molar-refractivity contribution in [3.8, 4) is 0 Å². The summed E-state index contributed by atoms with van der Waals surface area (Å²) >= 11 is 0. The van der Waals surface area contributed by atoms with Crippen LogP contribution in [0.4, 0.5) is 19.0 Å². The van der Waals surface area contributed by atoms with E-state index in [1.807, 2.05) is 0 Å². The molecule has 94 valence electrons. The third-order valence-corrected chi connectivity index (χ3v) is 2.36. The van der Waals surface area contributed by atoms with Gasteiger partial charge < -0.3 is 11.5 Å². The van der Waals surface area contributed by atoms with Crippen molar-refractivity contribution in [1.29, 1.82) is 0 Å². The van der Waals surface area contributed by atoms with Crippen molar-refractivity contribution in [3.63, 3.8) is 0 Å². The highest BCUT2D eigenvalue weighted by atomic mass is 19.4. The first-order chi connectivity index (χ1) is 7.57. The smallest absolute Gasteiger partial charge is 0.383 e. The van der Waals surface area contributed by atoms with E-state index in [-0.39, 0.29) is 11.4 Å². The van der Waals surface area contributed by atoms with Gasteiger partial charge in [-0.2, -0.15) is 13.2 Å². The molecule has 1 rings (SSSR count). The Balaban J connectivity index is 3.26. The molecule has 0 radical (unpaired) electrons. The van der Waals surface area contributed by atoms with Crippen LogP contribution in [0.1, 0.15) is 22.8 Å². The van der Waals surface area contributed by atoms with Gasteiger partial charge in [0.25, 0.3) is 0 Å². The van der Waals surface area contributed by atoms with Crippen LogP contribution < -0.4 is 11.5 Å². The molecule has 0 bridgehead atoms. The molecule has 1 atom stereocenters. The van der Waals surface area contributed by atoms with Crippen LogP contribution in [-0.2, 0) is 0 Å². The minimum absolute atomic E-state index is 0.262. The summed E-state index contributed by atoms with van der Waals surface area (Å²) in [6.45, 7) is 2.20. The molecule has 1 aromatic heterocycles. The zero-order valence-electron chi connectivity index (χ0n) is 9.30. The Bertz CT molecular complexity index is 455. The Morgan fingerprint density at radius 2 is 1.94 bits per heavy atom. The van der Waals surface area contributed by atoms with E-state index in [0.29, 0.717) is 12.5 Å². The number of carbonyl (C=O) groups excluding carboxylic acids is 1. The Hall–Kier alpha value is -1.63. The van der Waals surface area contributed by atoms with Crippen molar-refractivity contribution in [3.05, 3.63) is 23.4 Å². The highest BCUT2D eigenvalue weighted by Crippen LogP contribution is 2.31. The number of nitrogens with zero attached hydrogens (tertiary/aromatic N) is 1. The van der Waals surface area contributed by atoms with Crippen molar-refractivity contribution in [2.45, 2.75) is 25.6 Å². The SMILES string of the molecule is Cc1cnc(N)c(C(=O)C(C)(N)C(F)(F)F)c1. The molecule has 7 heteroatoms. The summed E-state index contributed by atoms with van der Waals surface area (Å²) in [7, 11) is 0. The van der Waals surface area contributed by atoms with Crippen LogP contribution in [0.3, 0.4) is 0 Å². The molecule has 0 amide bonds. The van der Waals surface area contributed by atoms with Gasteiger partial charge in [-0.15, -0.1) is 0 Å². The first-order valence-corrected chi connectivity index (χ1v) is 4.70. The predicted octanol–water partition coefficient (Wildman–Crippen LogP) is 1.43. The molecule has 0 aliphatic heterocycles. The lowest BCUT2D eigenvalue weighted by molar-refractivity contribution is -0.165. The number of ketones is 1. The highest BCUT2D eigenvalue weighted by molar-refractivity contribution is 6.06. The number of aryl methyl sites for hydroxylation is 1. The number of carbonyl (C=O) groups is 1. The molecule has 1 aromatic rings. The number of halogens is 3. The van der Waals surface area contributed by atoms with Crippen LogP contribution in [0, 0.1) is 6.92 Å². The Kier molecular flexibility index (Phi) is 3.15. The van der Waals surface area contributed by atoms with Crippen molar-refractivity contribution in [2.75, 3.05) is 5.73 Å². The highest BCUT2D eigenvalue weighted by Gasteiger charge is 2.54. The monoisotopic (exact) mass is 247 g/mol. The van der Waals surface area contributed by atoms with E-state index in [0.717, 1.165) is 0 Å². The first kappa shape index (κ1) is 13.4. The van der Waals surface area contributed by atoms with E-state index in [1.54, 1.807) is 6.92 Å². The molecule has 0 saturated heterocycles. The number of hydrogen-bond donors (Lipinski definition) is 2. The zero-order valence-corrected chi connectivity index (χ0v) is 9.30. The molecular formula is C10H12F3N3O. The summed E-state index contributed by atoms with van der Waals surface area (Å²) in [4.78, 5) is 15.4. The summed E-state index contributed by atoms with van der Waals surface area (Å²) in [6, 6.07) is 1.24. The molecule has 0 saturated carbocycles. The van der Waals surface area contributed by atoms with Crippen molar-refractivity contribution in [1.82, 2.24) is 4.98 Å². The fourth-order valence-corrected chi connectivity index (χ4v) is 1.17. The summed E-state index contributed by atoms with van der Waals surface area (Å²) in [5, 5.41) is 0. The first-order valence-electron chi connectivity index (χ1n) is 4.70. The summed E-state index contributed by atoms with van der Waals surface area (Å²) in [5.74, 6) is -1.56. The quantitative estimate of drug-likeness (QED) is 0.774. The minimum atomic E-state index is -4.85. The molecule has 4 nitrogen and oxygen atoms in total. The second kappa shape index (κ2) is 3.99.